The maximum Gasteiger partial charge on any atom is 0.115 e. The first-order chi connectivity index (χ1) is 6.66. The highest BCUT2D eigenvalue weighted by atomic mass is 16.3. The van der Waals surface area contributed by atoms with Gasteiger partial charge in [0.1, 0.15) is 5.75 Å². The van der Waals surface area contributed by atoms with Gasteiger partial charge in [0, 0.05) is 12.6 Å². The van der Waals surface area contributed by atoms with E-state index in [9.17, 15) is 5.11 Å². The zero-order chi connectivity index (χ0) is 10.1. The topological polar surface area (TPSA) is 32.3 Å². The van der Waals surface area contributed by atoms with Crippen LogP contribution in [0.4, 0.5) is 0 Å². The summed E-state index contributed by atoms with van der Waals surface area (Å²) in [5.41, 5.74) is 2.60. The third kappa shape index (κ3) is 1.75. The van der Waals surface area contributed by atoms with E-state index < -0.39 is 0 Å². The Hall–Kier alpha value is -1.02. The third-order valence-corrected chi connectivity index (χ3v) is 2.75. The molecule has 1 aliphatic heterocycles. The monoisotopic (exact) mass is 191 g/mol. The lowest BCUT2D eigenvalue weighted by atomic mass is 9.97. The molecule has 2 N–H and O–H groups in total. The average Bonchev–Trinajstić information content (AvgIpc) is 2.47. The number of benzene rings is 1. The van der Waals surface area contributed by atoms with Gasteiger partial charge in [-0.3, -0.25) is 0 Å². The second-order valence-corrected chi connectivity index (χ2v) is 4.45. The van der Waals surface area contributed by atoms with Crippen molar-refractivity contribution < 1.29 is 5.11 Å². The summed E-state index contributed by atoms with van der Waals surface area (Å²) in [5, 5.41) is 12.8. The van der Waals surface area contributed by atoms with E-state index in [1.807, 2.05) is 12.1 Å². The van der Waals surface area contributed by atoms with Gasteiger partial charge in [-0.1, -0.05) is 19.9 Å². The second kappa shape index (κ2) is 3.62. The summed E-state index contributed by atoms with van der Waals surface area (Å²) in [7, 11) is 0. The van der Waals surface area contributed by atoms with Gasteiger partial charge in [-0.15, -0.1) is 0 Å². The zero-order valence-electron chi connectivity index (χ0n) is 8.75. The molecule has 0 saturated heterocycles. The molecule has 2 rings (SSSR count). The van der Waals surface area contributed by atoms with Crippen molar-refractivity contribution >= 4 is 0 Å². The van der Waals surface area contributed by atoms with Crippen LogP contribution in [0.5, 0.6) is 5.75 Å². The van der Waals surface area contributed by atoms with E-state index in [4.69, 9.17) is 0 Å². The summed E-state index contributed by atoms with van der Waals surface area (Å²) in [6.45, 7) is 5.36. The summed E-state index contributed by atoms with van der Waals surface area (Å²) in [6.07, 6.45) is 1.16. The third-order valence-electron chi connectivity index (χ3n) is 2.75. The Labute approximate surface area is 85.0 Å². The largest absolute Gasteiger partial charge is 0.508 e. The Morgan fingerprint density at radius 2 is 2.29 bits per heavy atom. The van der Waals surface area contributed by atoms with Gasteiger partial charge >= 0.3 is 0 Å². The Balaban J connectivity index is 2.22. The molecule has 0 bridgehead atoms. The van der Waals surface area contributed by atoms with E-state index in [0.717, 1.165) is 13.0 Å². The number of nitrogens with one attached hydrogen (secondary N) is 1. The number of aromatic hydroxyl groups is 1. The summed E-state index contributed by atoms with van der Waals surface area (Å²) >= 11 is 0. The van der Waals surface area contributed by atoms with Crippen molar-refractivity contribution in [3.05, 3.63) is 29.3 Å². The smallest absolute Gasteiger partial charge is 0.115 e. The number of phenolic OH excluding ortho intramolecular Hbond substituents is 1. The molecule has 1 aliphatic rings. The Morgan fingerprint density at radius 1 is 1.50 bits per heavy atom. The molecule has 0 saturated carbocycles. The van der Waals surface area contributed by atoms with Crippen LogP contribution in [0, 0.1) is 5.92 Å². The fourth-order valence-corrected chi connectivity index (χ4v) is 2.11. The van der Waals surface area contributed by atoms with Crippen LogP contribution in [-0.2, 0) is 6.54 Å². The Morgan fingerprint density at radius 3 is 3.00 bits per heavy atom. The molecule has 1 aromatic rings. The minimum Gasteiger partial charge on any atom is -0.508 e. The Kier molecular flexibility index (Phi) is 2.46. The Bertz CT molecular complexity index is 333. The second-order valence-electron chi connectivity index (χ2n) is 4.45. The lowest BCUT2D eigenvalue weighted by Gasteiger charge is -2.14. The van der Waals surface area contributed by atoms with Gasteiger partial charge in [0.15, 0.2) is 0 Å². The number of phenols is 1. The molecule has 14 heavy (non-hydrogen) atoms. The van der Waals surface area contributed by atoms with E-state index in [1.165, 1.54) is 11.1 Å². The van der Waals surface area contributed by atoms with Gasteiger partial charge in [0.2, 0.25) is 0 Å². The van der Waals surface area contributed by atoms with Crippen LogP contribution in [0.2, 0.25) is 0 Å². The first kappa shape index (κ1) is 9.53. The van der Waals surface area contributed by atoms with Crippen molar-refractivity contribution in [3.63, 3.8) is 0 Å². The first-order valence-corrected chi connectivity index (χ1v) is 5.22. The summed E-state index contributed by atoms with van der Waals surface area (Å²) in [4.78, 5) is 0. The van der Waals surface area contributed by atoms with Crippen LogP contribution in [0.25, 0.3) is 0 Å². The molecule has 0 radical (unpaired) electrons. The van der Waals surface area contributed by atoms with E-state index in [2.05, 4.69) is 19.2 Å². The fraction of sp³-hybridized carbons (Fsp3) is 0.500. The van der Waals surface area contributed by atoms with E-state index >= 15 is 0 Å². The first-order valence-electron chi connectivity index (χ1n) is 5.22. The van der Waals surface area contributed by atoms with Gasteiger partial charge in [-0.25, -0.2) is 0 Å². The highest BCUT2D eigenvalue weighted by Gasteiger charge is 2.22. The van der Waals surface area contributed by atoms with Crippen LogP contribution in [0.3, 0.4) is 0 Å². The van der Waals surface area contributed by atoms with Crippen molar-refractivity contribution in [2.75, 3.05) is 0 Å². The lowest BCUT2D eigenvalue weighted by Crippen LogP contribution is -2.13. The van der Waals surface area contributed by atoms with Gasteiger partial charge in [0.05, 0.1) is 0 Å². The molecular formula is C12H17NO. The summed E-state index contributed by atoms with van der Waals surface area (Å²) < 4.78 is 0. The quantitative estimate of drug-likeness (QED) is 0.753. The van der Waals surface area contributed by atoms with Crippen molar-refractivity contribution in [3.8, 4) is 5.75 Å². The van der Waals surface area contributed by atoms with Crippen LogP contribution in [0.15, 0.2) is 18.2 Å². The van der Waals surface area contributed by atoms with Crippen LogP contribution >= 0.6 is 0 Å². The molecule has 0 spiro atoms. The van der Waals surface area contributed by atoms with Crippen molar-refractivity contribution in [1.82, 2.24) is 5.32 Å². The van der Waals surface area contributed by atoms with E-state index in [-0.39, 0.29) is 0 Å². The molecule has 1 aromatic carbocycles. The predicted molar refractivity (Wildman–Crippen MR) is 57.1 cm³/mol. The van der Waals surface area contributed by atoms with Crippen LogP contribution < -0.4 is 5.32 Å². The normalized spacial score (nSPS) is 20.1. The highest BCUT2D eigenvalue weighted by Crippen LogP contribution is 2.31. The molecule has 0 aliphatic carbocycles. The van der Waals surface area contributed by atoms with Crippen molar-refractivity contribution in [1.29, 1.82) is 0 Å². The maximum atomic E-state index is 9.34. The van der Waals surface area contributed by atoms with Gasteiger partial charge < -0.3 is 10.4 Å². The number of rotatable bonds is 2. The molecule has 2 heteroatoms. The SMILES string of the molecule is CC(C)CC1NCc2cc(O)ccc21. The summed E-state index contributed by atoms with van der Waals surface area (Å²) in [5.74, 6) is 1.07. The summed E-state index contributed by atoms with van der Waals surface area (Å²) in [6, 6.07) is 6.16. The molecule has 1 unspecified atom stereocenters. The van der Waals surface area contributed by atoms with Crippen molar-refractivity contribution in [2.45, 2.75) is 32.9 Å². The zero-order valence-corrected chi connectivity index (χ0v) is 8.75. The maximum absolute atomic E-state index is 9.34. The molecule has 0 amide bonds. The van der Waals surface area contributed by atoms with Crippen molar-refractivity contribution in [2.24, 2.45) is 5.92 Å². The van der Waals surface area contributed by atoms with Crippen LogP contribution in [-0.4, -0.2) is 5.11 Å². The molecule has 0 aromatic heterocycles. The molecule has 1 heterocycles. The number of hydrogen-bond acceptors (Lipinski definition) is 2. The highest BCUT2D eigenvalue weighted by molar-refractivity contribution is 5.39. The molecule has 1 atom stereocenters. The minimum atomic E-state index is 0.371. The average molecular weight is 191 g/mol. The molecular weight excluding hydrogens is 174 g/mol. The van der Waals surface area contributed by atoms with E-state index in [0.29, 0.717) is 17.7 Å². The minimum absolute atomic E-state index is 0.371. The lowest BCUT2D eigenvalue weighted by molar-refractivity contribution is 0.455. The van der Waals surface area contributed by atoms with Crippen LogP contribution in [0.1, 0.15) is 37.4 Å². The number of fused-ring (bicyclic) bond motifs is 1. The molecule has 76 valence electrons. The molecule has 0 fully saturated rings. The predicted octanol–water partition coefficient (Wildman–Crippen LogP) is 2.58. The van der Waals surface area contributed by atoms with E-state index in [1.54, 1.807) is 6.07 Å². The van der Waals surface area contributed by atoms with Gasteiger partial charge in [-0.2, -0.15) is 0 Å². The number of hydrogen-bond donors (Lipinski definition) is 2. The molecule has 2 nitrogen and oxygen atoms in total. The fourth-order valence-electron chi connectivity index (χ4n) is 2.11. The van der Waals surface area contributed by atoms with Gasteiger partial charge in [-0.05, 0) is 35.6 Å². The standard InChI is InChI=1S/C12H17NO/c1-8(2)5-12-11-4-3-10(14)6-9(11)7-13-12/h3-4,6,8,12-14H,5,7H2,1-2H3. The van der Waals surface area contributed by atoms with Gasteiger partial charge in [0.25, 0.3) is 0 Å².